The molecule has 0 amide bonds. The molecule has 0 aromatic rings. The van der Waals surface area contributed by atoms with Gasteiger partial charge in [0.2, 0.25) is 10.4 Å². The third-order valence-corrected chi connectivity index (χ3v) is 0.274. The van der Waals surface area contributed by atoms with Gasteiger partial charge in [-0.25, -0.2) is 13.7 Å². The van der Waals surface area contributed by atoms with Crippen LogP contribution in [0.2, 0.25) is 0 Å². The van der Waals surface area contributed by atoms with Gasteiger partial charge in [-0.05, 0) is 0 Å². The Morgan fingerprint density at radius 1 is 1.50 bits per heavy atom. The van der Waals surface area contributed by atoms with E-state index in [4.69, 9.17) is 18.2 Å². The maximum atomic E-state index is 8.97. The molecule has 0 saturated carbocycles. The van der Waals surface area contributed by atoms with Crippen molar-refractivity contribution >= 4 is 10.4 Å². The van der Waals surface area contributed by atoms with E-state index in [1.54, 1.807) is 0 Å². The number of hydrogen-bond donors (Lipinski definition) is 1. The predicted molar refractivity (Wildman–Crippen MR) is 13.4 cm³/mol. The van der Waals surface area contributed by atoms with Gasteiger partial charge >= 0.3 is 17.1 Å². The van der Waals surface area contributed by atoms with Gasteiger partial charge in [0.15, 0.2) is 0 Å². The Morgan fingerprint density at radius 2 is 1.62 bits per heavy atom. The van der Waals surface area contributed by atoms with Gasteiger partial charge in [0, 0.05) is 0 Å². The van der Waals surface area contributed by atoms with Crippen molar-refractivity contribution in [3.8, 4) is 0 Å². The zero-order valence-corrected chi connectivity index (χ0v) is 5.90. The number of halogens is 1. The van der Waals surface area contributed by atoms with Crippen LogP contribution >= 0.6 is 0 Å². The van der Waals surface area contributed by atoms with E-state index in [1.165, 1.54) is 0 Å². The standard InChI is InChI=1S/ClH.Fe.H2O5S/c;;1-5-6(2,3)4/h1H;;1H,(H,2,3,4)/q;+2;/p-2. The minimum Gasteiger partial charge on any atom is -1.00 e. The summed E-state index contributed by atoms with van der Waals surface area (Å²) in [5.74, 6) is 0. The van der Waals surface area contributed by atoms with Gasteiger partial charge in [0.1, 0.15) is 0 Å². The smallest absolute Gasteiger partial charge is 1.00 e. The second-order valence-corrected chi connectivity index (χ2v) is 1.45. The van der Waals surface area contributed by atoms with Gasteiger partial charge in [-0.3, -0.25) is 0 Å². The normalized spacial score (nSPS) is 8.75. The van der Waals surface area contributed by atoms with E-state index >= 15 is 0 Å². The van der Waals surface area contributed by atoms with Crippen LogP contribution in [0, 0.1) is 0 Å². The van der Waals surface area contributed by atoms with E-state index in [2.05, 4.69) is 4.33 Å². The third kappa shape index (κ3) is 15.9. The Morgan fingerprint density at radius 3 is 1.62 bits per heavy atom. The molecule has 0 aromatic heterocycles. The molecule has 0 aliphatic rings. The summed E-state index contributed by atoms with van der Waals surface area (Å²) < 4.78 is 29.3. The van der Waals surface area contributed by atoms with E-state index < -0.39 is 10.4 Å². The monoisotopic (exact) mass is 204 g/mol. The molecule has 5 nitrogen and oxygen atoms in total. The molecule has 52 valence electrons. The molecule has 0 aromatic carbocycles. The van der Waals surface area contributed by atoms with Crippen LogP contribution in [-0.2, 0) is 31.8 Å². The molecule has 0 heterocycles. The molecule has 0 fully saturated rings. The average molecular weight is 204 g/mol. The Bertz CT molecular complexity index is 114. The van der Waals surface area contributed by atoms with Crippen LogP contribution in [0.1, 0.15) is 0 Å². The third-order valence-electron chi connectivity index (χ3n) is 0.0913. The first-order valence-electron chi connectivity index (χ1n) is 0.849. The van der Waals surface area contributed by atoms with Gasteiger partial charge in [-0.15, -0.1) is 4.33 Å². The quantitative estimate of drug-likeness (QED) is 0.154. The topological polar surface area (TPSA) is 86.7 Å². The van der Waals surface area contributed by atoms with Gasteiger partial charge < -0.3 is 17.0 Å². The Labute approximate surface area is 62.8 Å². The molecule has 8 heteroatoms. The summed E-state index contributed by atoms with van der Waals surface area (Å²) in [6.45, 7) is 0. The van der Waals surface area contributed by atoms with Crippen LogP contribution in [0.25, 0.3) is 0 Å². The van der Waals surface area contributed by atoms with Crippen LogP contribution < -0.4 is 12.4 Å². The average Bonchev–Trinajstić information content (AvgIpc) is 1.35. The SMILES string of the molecule is O=S(=O)([O-])OO.[Cl-].[Fe+2]. The van der Waals surface area contributed by atoms with Crippen molar-refractivity contribution in [2.75, 3.05) is 0 Å². The summed E-state index contributed by atoms with van der Waals surface area (Å²) in [7, 11) is -4.86. The van der Waals surface area contributed by atoms with Crippen molar-refractivity contribution in [2.45, 2.75) is 0 Å². The maximum Gasteiger partial charge on any atom is 2.00 e. The van der Waals surface area contributed by atoms with Gasteiger partial charge in [-0.1, -0.05) is 0 Å². The zero-order chi connectivity index (χ0) is 5.21. The molecule has 0 aliphatic carbocycles. The molecule has 0 aliphatic heterocycles. The molecule has 0 bridgehead atoms. The fourth-order valence-electron chi connectivity index (χ4n) is 0. The van der Waals surface area contributed by atoms with E-state index in [1.807, 2.05) is 0 Å². The van der Waals surface area contributed by atoms with E-state index in [-0.39, 0.29) is 29.5 Å². The number of hydrogen-bond acceptors (Lipinski definition) is 5. The van der Waals surface area contributed by atoms with Crippen LogP contribution in [0.15, 0.2) is 0 Å². The second-order valence-electron chi connectivity index (χ2n) is 0.483. The fourth-order valence-corrected chi connectivity index (χ4v) is 0. The van der Waals surface area contributed by atoms with Crippen molar-refractivity contribution in [3.05, 3.63) is 0 Å². The summed E-state index contributed by atoms with van der Waals surface area (Å²) in [4.78, 5) is 0. The largest absolute Gasteiger partial charge is 2.00 e. The van der Waals surface area contributed by atoms with Crippen molar-refractivity contribution in [1.82, 2.24) is 0 Å². The molecule has 0 radical (unpaired) electrons. The maximum absolute atomic E-state index is 8.97. The predicted octanol–water partition coefficient (Wildman–Crippen LogP) is -4.06. The number of rotatable bonds is 1. The van der Waals surface area contributed by atoms with Crippen LogP contribution in [0.4, 0.5) is 0 Å². The molecular weight excluding hydrogens is 203 g/mol. The van der Waals surface area contributed by atoms with E-state index in [0.29, 0.717) is 0 Å². The molecular formula is HClFeO5S. The van der Waals surface area contributed by atoms with Gasteiger partial charge in [-0.2, -0.15) is 0 Å². The summed E-state index contributed by atoms with van der Waals surface area (Å²) in [5, 5.41) is 7.00. The summed E-state index contributed by atoms with van der Waals surface area (Å²) >= 11 is 0. The molecule has 0 rings (SSSR count). The van der Waals surface area contributed by atoms with Crippen molar-refractivity contribution in [2.24, 2.45) is 0 Å². The Kier molecular flexibility index (Phi) is 11.4. The molecule has 0 spiro atoms. The molecule has 8 heavy (non-hydrogen) atoms. The summed E-state index contributed by atoms with van der Waals surface area (Å²) in [6.07, 6.45) is 0. The van der Waals surface area contributed by atoms with Crippen molar-refractivity contribution < 1.29 is 52.0 Å². The summed E-state index contributed by atoms with van der Waals surface area (Å²) in [6, 6.07) is 0. The van der Waals surface area contributed by atoms with Crippen LogP contribution in [0.5, 0.6) is 0 Å². The molecule has 0 saturated heterocycles. The molecule has 0 atom stereocenters. The summed E-state index contributed by atoms with van der Waals surface area (Å²) in [5.41, 5.74) is 0. The Balaban J connectivity index is -0.000000125. The fraction of sp³-hybridized carbons (Fsp3) is 0. The first kappa shape index (κ1) is 15.9. The second kappa shape index (κ2) is 5.77. The first-order valence-corrected chi connectivity index (χ1v) is 2.18. The van der Waals surface area contributed by atoms with E-state index in [0.717, 1.165) is 0 Å². The van der Waals surface area contributed by atoms with Crippen molar-refractivity contribution in [3.63, 3.8) is 0 Å². The van der Waals surface area contributed by atoms with E-state index in [9.17, 15) is 0 Å². The first-order chi connectivity index (χ1) is 2.56. The Hall–Kier alpha value is 0.639. The minimum atomic E-state index is -4.86. The van der Waals surface area contributed by atoms with Gasteiger partial charge in [0.05, 0.1) is 0 Å². The van der Waals surface area contributed by atoms with Crippen molar-refractivity contribution in [1.29, 1.82) is 0 Å². The van der Waals surface area contributed by atoms with Crippen LogP contribution in [-0.4, -0.2) is 18.2 Å². The minimum absolute atomic E-state index is 0. The van der Waals surface area contributed by atoms with Crippen LogP contribution in [0.3, 0.4) is 0 Å². The zero-order valence-electron chi connectivity index (χ0n) is 3.22. The van der Waals surface area contributed by atoms with Gasteiger partial charge in [0.25, 0.3) is 0 Å². The molecule has 0 unspecified atom stereocenters. The molecule has 1 N–H and O–H groups in total.